The quantitative estimate of drug-likeness (QED) is 0.290. The number of allylic oxidation sites excluding steroid dienone is 1. The van der Waals surface area contributed by atoms with Gasteiger partial charge in [-0.2, -0.15) is 0 Å². The van der Waals surface area contributed by atoms with E-state index in [4.69, 9.17) is 13.6 Å². The van der Waals surface area contributed by atoms with Crippen molar-refractivity contribution in [2.75, 3.05) is 6.61 Å². The fraction of sp³-hybridized carbons (Fsp3) is 0.773. The molecule has 0 fully saturated rings. The molecule has 0 amide bonds. The first-order valence-electron chi connectivity index (χ1n) is 10.3. The Bertz CT molecular complexity index is 595. The van der Waals surface area contributed by atoms with Gasteiger partial charge in [0.1, 0.15) is 6.10 Å². The molecule has 162 valence electrons. The van der Waals surface area contributed by atoms with Gasteiger partial charge in [0, 0.05) is 0 Å². The van der Waals surface area contributed by atoms with Crippen LogP contribution < -0.4 is 0 Å². The van der Waals surface area contributed by atoms with Crippen molar-refractivity contribution in [1.29, 1.82) is 0 Å². The zero-order valence-corrected chi connectivity index (χ0v) is 21.9. The third-order valence-electron chi connectivity index (χ3n) is 6.36. The maximum Gasteiger partial charge on any atom is 0.193 e. The Labute approximate surface area is 175 Å². The number of hydrogen-bond donors (Lipinski definition) is 0. The predicted molar refractivity (Wildman–Crippen MR) is 123 cm³/mol. The molecule has 28 heavy (non-hydrogen) atoms. The molecule has 4 nitrogen and oxygen atoms in total. The summed E-state index contributed by atoms with van der Waals surface area (Å²) >= 11 is 0. The second-order valence-electron chi connectivity index (χ2n) is 10.9. The molecule has 3 atom stereocenters. The van der Waals surface area contributed by atoms with Crippen molar-refractivity contribution in [2.45, 2.75) is 103 Å². The van der Waals surface area contributed by atoms with Crippen molar-refractivity contribution in [1.82, 2.24) is 0 Å². The van der Waals surface area contributed by atoms with Crippen molar-refractivity contribution in [3.05, 3.63) is 24.3 Å². The molecule has 0 aliphatic carbocycles. The van der Waals surface area contributed by atoms with Gasteiger partial charge in [-0.15, -0.1) is 0 Å². The summed E-state index contributed by atoms with van der Waals surface area (Å²) in [6.07, 6.45) is 6.91. The Morgan fingerprint density at radius 3 is 2.00 bits per heavy atom. The molecule has 0 spiro atoms. The van der Waals surface area contributed by atoms with Crippen LogP contribution in [0.15, 0.2) is 24.3 Å². The van der Waals surface area contributed by atoms with Crippen molar-refractivity contribution in [3.8, 4) is 0 Å². The zero-order valence-electron chi connectivity index (χ0n) is 19.9. The molecule has 6 heteroatoms. The SMILES string of the molecule is CC(=O)/C=C/[C@@H]1C=C[C@H](O[Si](C)(C)C(C)(C)C)[C@@H](CO[Si](C)(C)C(C)(C)C)O1. The number of ketones is 1. The van der Waals surface area contributed by atoms with Crippen LogP contribution in [0.5, 0.6) is 0 Å². The van der Waals surface area contributed by atoms with Crippen LogP contribution in [0.1, 0.15) is 48.5 Å². The van der Waals surface area contributed by atoms with Crippen molar-refractivity contribution < 1.29 is 18.4 Å². The number of rotatable bonds is 7. The molecular weight excluding hydrogens is 384 g/mol. The highest BCUT2D eigenvalue weighted by atomic mass is 28.4. The van der Waals surface area contributed by atoms with E-state index in [1.807, 2.05) is 6.08 Å². The summed E-state index contributed by atoms with van der Waals surface area (Å²) in [7, 11) is -3.84. The molecule has 1 aliphatic rings. The lowest BCUT2D eigenvalue weighted by Crippen LogP contribution is -2.51. The molecule has 0 aromatic heterocycles. The maximum atomic E-state index is 11.3. The second kappa shape index (κ2) is 9.08. The molecule has 0 N–H and O–H groups in total. The maximum absolute atomic E-state index is 11.3. The van der Waals surface area contributed by atoms with E-state index >= 15 is 0 Å². The van der Waals surface area contributed by atoms with Crippen molar-refractivity contribution in [2.24, 2.45) is 0 Å². The van der Waals surface area contributed by atoms with Gasteiger partial charge in [-0.3, -0.25) is 4.79 Å². The smallest absolute Gasteiger partial charge is 0.193 e. The Morgan fingerprint density at radius 1 is 1.00 bits per heavy atom. The third-order valence-corrected chi connectivity index (χ3v) is 15.3. The molecule has 0 aromatic rings. The van der Waals surface area contributed by atoms with Gasteiger partial charge in [-0.1, -0.05) is 53.7 Å². The van der Waals surface area contributed by atoms with Gasteiger partial charge in [-0.05, 0) is 55.3 Å². The van der Waals surface area contributed by atoms with E-state index in [1.54, 1.807) is 19.1 Å². The average molecular weight is 427 g/mol. The molecule has 0 aromatic carbocycles. The lowest BCUT2D eigenvalue weighted by atomic mass is 10.1. The summed E-state index contributed by atoms with van der Waals surface area (Å²) in [6.45, 7) is 24.5. The summed E-state index contributed by atoms with van der Waals surface area (Å²) in [5.41, 5.74) is 0. The van der Waals surface area contributed by atoms with Gasteiger partial charge in [-0.25, -0.2) is 0 Å². The van der Waals surface area contributed by atoms with Crippen LogP contribution >= 0.6 is 0 Å². The van der Waals surface area contributed by atoms with E-state index in [2.05, 4.69) is 73.8 Å². The van der Waals surface area contributed by atoms with Gasteiger partial charge in [0.25, 0.3) is 0 Å². The van der Waals surface area contributed by atoms with E-state index in [0.717, 1.165) is 0 Å². The van der Waals surface area contributed by atoms with Gasteiger partial charge in [0.05, 0.1) is 18.8 Å². The molecule has 0 saturated carbocycles. The van der Waals surface area contributed by atoms with E-state index in [-0.39, 0.29) is 34.2 Å². The van der Waals surface area contributed by atoms with Crippen LogP contribution in [0.4, 0.5) is 0 Å². The summed E-state index contributed by atoms with van der Waals surface area (Å²) in [5.74, 6) is 0.0192. The molecule has 0 radical (unpaired) electrons. The van der Waals surface area contributed by atoms with E-state index in [9.17, 15) is 4.79 Å². The van der Waals surface area contributed by atoms with Crippen LogP contribution in [-0.2, 0) is 18.4 Å². The van der Waals surface area contributed by atoms with Gasteiger partial charge in [0.2, 0.25) is 0 Å². The highest BCUT2D eigenvalue weighted by Crippen LogP contribution is 2.39. The fourth-order valence-electron chi connectivity index (χ4n) is 2.28. The number of carbonyl (C=O) groups is 1. The minimum absolute atomic E-state index is 0.0192. The van der Waals surface area contributed by atoms with Crippen molar-refractivity contribution >= 4 is 22.4 Å². The predicted octanol–water partition coefficient (Wildman–Crippen LogP) is 5.87. The first-order valence-corrected chi connectivity index (χ1v) is 16.1. The monoisotopic (exact) mass is 426 g/mol. The number of carbonyl (C=O) groups excluding carboxylic acids is 1. The highest BCUT2D eigenvalue weighted by Gasteiger charge is 2.43. The summed E-state index contributed by atoms with van der Waals surface area (Å²) < 4.78 is 19.4. The minimum Gasteiger partial charge on any atom is -0.414 e. The molecule has 0 bridgehead atoms. The molecule has 1 aliphatic heterocycles. The first kappa shape index (κ1) is 25.5. The first-order chi connectivity index (χ1) is 12.5. The lowest BCUT2D eigenvalue weighted by Gasteiger charge is -2.43. The van der Waals surface area contributed by atoms with E-state index in [1.165, 1.54) is 0 Å². The molecule has 1 rings (SSSR count). The van der Waals surface area contributed by atoms with Crippen LogP contribution in [0.2, 0.25) is 36.3 Å². The molecular formula is C22H42O4Si2. The van der Waals surface area contributed by atoms with Crippen molar-refractivity contribution in [3.63, 3.8) is 0 Å². The summed E-state index contributed by atoms with van der Waals surface area (Å²) in [6, 6.07) is 0. The Morgan fingerprint density at radius 2 is 1.54 bits per heavy atom. The Kier molecular flexibility index (Phi) is 8.27. The van der Waals surface area contributed by atoms with Crippen LogP contribution in [0, 0.1) is 0 Å². The van der Waals surface area contributed by atoms with Gasteiger partial charge >= 0.3 is 0 Å². The molecule has 1 heterocycles. The lowest BCUT2D eigenvalue weighted by molar-refractivity contribution is -0.112. The van der Waals surface area contributed by atoms with Gasteiger partial charge in [0.15, 0.2) is 22.4 Å². The zero-order chi connectivity index (χ0) is 22.0. The normalized spacial score (nSPS) is 24.8. The standard InChI is InChI=1S/C22H42O4Si2/c1-17(23)12-13-18-14-15-19(26-28(10,11)22(5,6)7)20(25-18)16-24-27(8,9)21(2,3)4/h12-15,18-20H,16H2,1-11H3/b13-12+/t18-,19+,20-/m1/s1. The minimum atomic E-state index is -1.95. The highest BCUT2D eigenvalue weighted by molar-refractivity contribution is 6.74. The average Bonchev–Trinajstić information content (AvgIpc) is 2.50. The fourth-order valence-corrected chi connectivity index (χ4v) is 4.56. The van der Waals surface area contributed by atoms with Gasteiger partial charge < -0.3 is 13.6 Å². The number of hydrogen-bond acceptors (Lipinski definition) is 4. The second-order valence-corrected chi connectivity index (χ2v) is 20.5. The summed E-state index contributed by atoms with van der Waals surface area (Å²) in [5, 5.41) is 0.262. The van der Waals surface area contributed by atoms with Crippen LogP contribution in [-0.4, -0.2) is 47.3 Å². The molecule has 0 saturated heterocycles. The topological polar surface area (TPSA) is 44.8 Å². The Balaban J connectivity index is 3.02. The van der Waals surface area contributed by atoms with Crippen LogP contribution in [0.25, 0.3) is 0 Å². The van der Waals surface area contributed by atoms with E-state index in [0.29, 0.717) is 6.61 Å². The van der Waals surface area contributed by atoms with E-state index < -0.39 is 16.6 Å². The third kappa shape index (κ3) is 7.06. The van der Waals surface area contributed by atoms with Crippen LogP contribution in [0.3, 0.4) is 0 Å². The Hall–Kier alpha value is -0.536. The number of ether oxygens (including phenoxy) is 1. The molecule has 0 unspecified atom stereocenters. The largest absolute Gasteiger partial charge is 0.414 e. The summed E-state index contributed by atoms with van der Waals surface area (Å²) in [4.78, 5) is 11.3.